The third-order valence-electron chi connectivity index (χ3n) is 2.96. The number of fused-ring (bicyclic) bond motifs is 1. The van der Waals surface area contributed by atoms with Crippen molar-refractivity contribution in [2.75, 3.05) is 13.1 Å². The van der Waals surface area contributed by atoms with Crippen molar-refractivity contribution in [3.8, 4) is 0 Å². The van der Waals surface area contributed by atoms with Crippen molar-refractivity contribution in [3.63, 3.8) is 0 Å². The monoisotopic (exact) mass is 297 g/mol. The number of amides is 1. The Bertz CT molecular complexity index is 620. The Hall–Kier alpha value is -1.47. The molecule has 20 heavy (non-hydrogen) atoms. The molecule has 1 aromatic rings. The number of carbonyl (C=O) groups excluding carboxylic acids is 1. The number of hydrogen-bond donors (Lipinski definition) is 1. The van der Waals surface area contributed by atoms with Gasteiger partial charge in [0.15, 0.2) is 5.03 Å². The van der Waals surface area contributed by atoms with Gasteiger partial charge < -0.3 is 5.32 Å². The number of rotatable bonds is 4. The summed E-state index contributed by atoms with van der Waals surface area (Å²) in [7, 11) is -3.77. The molecule has 0 saturated carbocycles. The van der Waals surface area contributed by atoms with Crippen molar-refractivity contribution in [2.45, 2.75) is 37.8 Å². The van der Waals surface area contributed by atoms with E-state index in [2.05, 4.69) is 10.3 Å². The van der Waals surface area contributed by atoms with Crippen LogP contribution in [0.1, 0.15) is 37.6 Å². The first kappa shape index (κ1) is 14.9. The summed E-state index contributed by atoms with van der Waals surface area (Å²) in [6, 6.07) is 3.06. The van der Waals surface area contributed by atoms with Crippen molar-refractivity contribution >= 4 is 15.9 Å². The van der Waals surface area contributed by atoms with Crippen LogP contribution in [0.3, 0.4) is 0 Å². The summed E-state index contributed by atoms with van der Waals surface area (Å²) in [5.41, 5.74) is 0.134. The molecule has 1 aromatic heterocycles. The van der Waals surface area contributed by atoms with E-state index in [0.717, 1.165) is 4.31 Å². The van der Waals surface area contributed by atoms with E-state index in [0.29, 0.717) is 13.0 Å². The van der Waals surface area contributed by atoms with E-state index in [4.69, 9.17) is 0 Å². The van der Waals surface area contributed by atoms with Gasteiger partial charge in [-0.1, -0.05) is 0 Å². The van der Waals surface area contributed by atoms with Crippen LogP contribution in [0.15, 0.2) is 23.4 Å². The maximum atomic E-state index is 12.2. The first-order chi connectivity index (χ1) is 9.23. The number of hydrogen-bond acceptors (Lipinski definition) is 5. The second kappa shape index (κ2) is 5.14. The van der Waals surface area contributed by atoms with Crippen LogP contribution in [-0.2, 0) is 10.0 Å². The van der Waals surface area contributed by atoms with Crippen LogP contribution in [0.2, 0.25) is 0 Å². The van der Waals surface area contributed by atoms with Crippen LogP contribution >= 0.6 is 0 Å². The Morgan fingerprint density at radius 3 is 2.65 bits per heavy atom. The second-order valence-corrected chi connectivity index (χ2v) is 7.55. The zero-order chi connectivity index (χ0) is 15.0. The van der Waals surface area contributed by atoms with Crippen LogP contribution in [0.5, 0.6) is 0 Å². The molecule has 0 aliphatic carbocycles. The minimum atomic E-state index is -3.77. The molecular weight excluding hydrogens is 278 g/mol. The molecule has 7 heteroatoms. The lowest BCUT2D eigenvalue weighted by Crippen LogP contribution is -2.38. The van der Waals surface area contributed by atoms with Gasteiger partial charge in [-0.15, -0.1) is 0 Å². The quantitative estimate of drug-likeness (QED) is 0.839. The molecule has 110 valence electrons. The molecular formula is C13H19N3O3S. The normalized spacial score (nSPS) is 17.4. The summed E-state index contributed by atoms with van der Waals surface area (Å²) in [4.78, 5) is 15.9. The Balaban J connectivity index is 2.06. The zero-order valence-corrected chi connectivity index (χ0v) is 12.7. The molecule has 1 aliphatic rings. The highest BCUT2D eigenvalue weighted by molar-refractivity contribution is 7.90. The highest BCUT2D eigenvalue weighted by Crippen LogP contribution is 2.27. The molecule has 2 rings (SSSR count). The average molecular weight is 297 g/mol. The molecule has 0 radical (unpaired) electrons. The van der Waals surface area contributed by atoms with Crippen molar-refractivity contribution < 1.29 is 13.2 Å². The first-order valence-electron chi connectivity index (χ1n) is 6.50. The lowest BCUT2D eigenvalue weighted by molar-refractivity contribution is 0.0870. The van der Waals surface area contributed by atoms with E-state index in [9.17, 15) is 13.2 Å². The third kappa shape index (κ3) is 2.83. The summed E-state index contributed by atoms with van der Waals surface area (Å²) in [6.07, 6.45) is 1.95. The largest absolute Gasteiger partial charge is 0.312 e. The molecule has 0 atom stereocenters. The van der Waals surface area contributed by atoms with Gasteiger partial charge in [0, 0.05) is 18.3 Å². The van der Waals surface area contributed by atoms with Gasteiger partial charge in [0.1, 0.15) is 0 Å². The molecule has 0 bridgehead atoms. The number of pyridine rings is 1. The first-order valence-corrected chi connectivity index (χ1v) is 7.94. The Morgan fingerprint density at radius 1 is 1.35 bits per heavy atom. The Labute approximate surface area is 119 Å². The number of nitrogens with zero attached hydrogens (tertiary/aromatic N) is 2. The molecule has 0 fully saturated rings. The van der Waals surface area contributed by atoms with E-state index < -0.39 is 15.9 Å². The van der Waals surface area contributed by atoms with Gasteiger partial charge >= 0.3 is 0 Å². The fraction of sp³-hybridized carbons (Fsp3) is 0.538. The highest BCUT2D eigenvalue weighted by Gasteiger charge is 2.41. The van der Waals surface area contributed by atoms with E-state index in [1.54, 1.807) is 6.07 Å². The van der Waals surface area contributed by atoms with Crippen molar-refractivity contribution in [2.24, 2.45) is 0 Å². The van der Waals surface area contributed by atoms with Gasteiger partial charge in [0.05, 0.1) is 5.56 Å². The lowest BCUT2D eigenvalue weighted by atomic mass is 10.1. The number of sulfonamides is 1. The highest BCUT2D eigenvalue weighted by atomic mass is 32.2. The summed E-state index contributed by atoms with van der Waals surface area (Å²) in [5.74, 6) is -0.483. The predicted octanol–water partition coefficient (Wildman–Crippen LogP) is 1.00. The fourth-order valence-electron chi connectivity index (χ4n) is 2.01. The van der Waals surface area contributed by atoms with Gasteiger partial charge in [0.25, 0.3) is 15.9 Å². The van der Waals surface area contributed by atoms with Gasteiger partial charge in [0.2, 0.25) is 0 Å². The molecule has 0 aromatic carbocycles. The Kier molecular flexibility index (Phi) is 3.84. The number of nitrogens with one attached hydrogen (secondary N) is 1. The number of aromatic nitrogens is 1. The van der Waals surface area contributed by atoms with E-state index in [1.165, 1.54) is 12.3 Å². The zero-order valence-electron chi connectivity index (χ0n) is 11.9. The maximum Gasteiger partial charge on any atom is 0.285 e. The molecule has 6 nitrogen and oxygen atoms in total. The molecule has 1 amide bonds. The summed E-state index contributed by atoms with van der Waals surface area (Å²) in [5, 5.41) is 3.13. The van der Waals surface area contributed by atoms with Crippen molar-refractivity contribution in [1.29, 1.82) is 0 Å². The second-order valence-electron chi connectivity index (χ2n) is 5.77. The van der Waals surface area contributed by atoms with Crippen molar-refractivity contribution in [3.05, 3.63) is 23.9 Å². The maximum absolute atomic E-state index is 12.2. The third-order valence-corrected chi connectivity index (χ3v) is 4.70. The van der Waals surface area contributed by atoms with Crippen LogP contribution in [0.25, 0.3) is 0 Å². The van der Waals surface area contributed by atoms with Crippen molar-refractivity contribution in [1.82, 2.24) is 14.6 Å². The molecule has 1 N–H and O–H groups in total. The van der Waals surface area contributed by atoms with E-state index >= 15 is 0 Å². The summed E-state index contributed by atoms with van der Waals surface area (Å²) >= 11 is 0. The molecule has 0 unspecified atom stereocenters. The Morgan fingerprint density at radius 2 is 2.05 bits per heavy atom. The fourth-order valence-corrected chi connectivity index (χ4v) is 3.54. The lowest BCUT2D eigenvalue weighted by Gasteiger charge is -2.21. The predicted molar refractivity (Wildman–Crippen MR) is 74.8 cm³/mol. The van der Waals surface area contributed by atoms with Gasteiger partial charge in [-0.2, -0.15) is 8.42 Å². The van der Waals surface area contributed by atoms with Crippen LogP contribution < -0.4 is 5.32 Å². The van der Waals surface area contributed by atoms with Crippen LogP contribution in [-0.4, -0.2) is 42.2 Å². The van der Waals surface area contributed by atoms with Crippen LogP contribution in [0.4, 0.5) is 0 Å². The topological polar surface area (TPSA) is 79.4 Å². The van der Waals surface area contributed by atoms with E-state index in [1.807, 2.05) is 20.8 Å². The van der Waals surface area contributed by atoms with Gasteiger partial charge in [-0.05, 0) is 45.9 Å². The molecule has 1 aliphatic heterocycles. The summed E-state index contributed by atoms with van der Waals surface area (Å²) < 4.78 is 25.3. The van der Waals surface area contributed by atoms with E-state index in [-0.39, 0.29) is 22.7 Å². The van der Waals surface area contributed by atoms with Crippen LogP contribution in [0, 0.1) is 0 Å². The minimum absolute atomic E-state index is 0.0294. The van der Waals surface area contributed by atoms with Gasteiger partial charge in [-0.25, -0.2) is 9.29 Å². The van der Waals surface area contributed by atoms with Gasteiger partial charge in [-0.3, -0.25) is 4.79 Å². The average Bonchev–Trinajstić information content (AvgIpc) is 2.54. The number of carbonyl (C=O) groups is 1. The molecule has 0 saturated heterocycles. The minimum Gasteiger partial charge on any atom is -0.312 e. The molecule has 2 heterocycles. The molecule has 0 spiro atoms. The smallest absolute Gasteiger partial charge is 0.285 e. The standard InChI is InChI=1S/C13H19N3O3S/c1-13(2,3)15-8-5-9-16-12(17)10-6-4-7-14-11(10)20(16,18)19/h4,6-7,15H,5,8-9H2,1-3H3. The SMILES string of the molecule is CC(C)(C)NCCCN1C(=O)c2cccnc2S1(=O)=O. The summed E-state index contributed by atoms with van der Waals surface area (Å²) in [6.45, 7) is 6.91.